The van der Waals surface area contributed by atoms with Crippen LogP contribution in [0, 0.1) is 19.8 Å². The lowest BCUT2D eigenvalue weighted by Crippen LogP contribution is -2.40. The quantitative estimate of drug-likeness (QED) is 0.857. The largest absolute Gasteiger partial charge is 0.384 e. The predicted molar refractivity (Wildman–Crippen MR) is 85.7 cm³/mol. The fraction of sp³-hybridized carbons (Fsp3) is 0.500. The Balaban J connectivity index is 1.92. The van der Waals surface area contributed by atoms with Crippen LogP contribution >= 0.6 is 11.3 Å². The smallest absolute Gasteiger partial charge is 0.223 e. The lowest BCUT2D eigenvalue weighted by Gasteiger charge is -2.24. The third kappa shape index (κ3) is 3.75. The Morgan fingerprint density at radius 1 is 1.55 bits per heavy atom. The summed E-state index contributed by atoms with van der Waals surface area (Å²) in [4.78, 5) is 12.2. The van der Waals surface area contributed by atoms with Crippen LogP contribution in [0.5, 0.6) is 0 Å². The SMILES string of the molecule is Cc1noc(C)c1CC(C)C(=O)NCC(C)(O)c1ccsc1. The van der Waals surface area contributed by atoms with E-state index in [0.29, 0.717) is 6.42 Å². The molecule has 2 unspecified atom stereocenters. The van der Waals surface area contributed by atoms with E-state index in [2.05, 4.69) is 10.5 Å². The Bertz CT molecular complexity index is 612. The van der Waals surface area contributed by atoms with Crippen molar-refractivity contribution in [2.24, 2.45) is 5.92 Å². The number of aryl methyl sites for hydroxylation is 2. The highest BCUT2D eigenvalue weighted by molar-refractivity contribution is 7.08. The van der Waals surface area contributed by atoms with Gasteiger partial charge < -0.3 is 14.9 Å². The average molecular weight is 322 g/mol. The summed E-state index contributed by atoms with van der Waals surface area (Å²) in [5.74, 6) is 0.452. The van der Waals surface area contributed by atoms with Crippen LogP contribution in [0.1, 0.15) is 36.4 Å². The number of aromatic nitrogens is 1. The van der Waals surface area contributed by atoms with E-state index in [9.17, 15) is 9.90 Å². The van der Waals surface area contributed by atoms with Crippen molar-refractivity contribution in [2.45, 2.75) is 39.7 Å². The Morgan fingerprint density at radius 2 is 2.27 bits per heavy atom. The van der Waals surface area contributed by atoms with Gasteiger partial charge in [-0.25, -0.2) is 0 Å². The zero-order valence-electron chi connectivity index (χ0n) is 13.3. The predicted octanol–water partition coefficient (Wildman–Crippen LogP) is 2.56. The Labute approximate surface area is 134 Å². The van der Waals surface area contributed by atoms with E-state index in [1.807, 2.05) is 37.6 Å². The van der Waals surface area contributed by atoms with Crippen LogP contribution in [-0.4, -0.2) is 22.7 Å². The molecule has 0 spiro atoms. The monoisotopic (exact) mass is 322 g/mol. The summed E-state index contributed by atoms with van der Waals surface area (Å²) in [7, 11) is 0. The van der Waals surface area contributed by atoms with E-state index in [0.717, 1.165) is 22.6 Å². The van der Waals surface area contributed by atoms with Gasteiger partial charge in [0, 0.05) is 11.5 Å². The lowest BCUT2D eigenvalue weighted by molar-refractivity contribution is -0.125. The third-order valence-corrected chi connectivity index (χ3v) is 4.57. The molecule has 0 aliphatic rings. The molecule has 1 amide bonds. The number of hydrogen-bond acceptors (Lipinski definition) is 5. The van der Waals surface area contributed by atoms with E-state index in [1.54, 1.807) is 6.92 Å². The van der Waals surface area contributed by atoms with Crippen molar-refractivity contribution >= 4 is 17.2 Å². The molecular weight excluding hydrogens is 300 g/mol. The molecule has 0 bridgehead atoms. The standard InChI is InChI=1S/C16H22N2O3S/c1-10(7-14-11(2)18-21-12(14)3)15(19)17-9-16(4,20)13-5-6-22-8-13/h5-6,8,10,20H,7,9H2,1-4H3,(H,17,19). The molecule has 0 radical (unpaired) electrons. The minimum absolute atomic E-state index is 0.0875. The van der Waals surface area contributed by atoms with Crippen LogP contribution in [0.15, 0.2) is 21.3 Å². The second-order valence-corrected chi connectivity index (χ2v) is 6.69. The topological polar surface area (TPSA) is 75.4 Å². The summed E-state index contributed by atoms with van der Waals surface area (Å²) in [6.45, 7) is 7.47. The maximum Gasteiger partial charge on any atom is 0.223 e. The van der Waals surface area contributed by atoms with E-state index in [-0.39, 0.29) is 18.4 Å². The van der Waals surface area contributed by atoms with Crippen molar-refractivity contribution in [3.8, 4) is 0 Å². The molecule has 0 fully saturated rings. The number of thiophene rings is 1. The van der Waals surface area contributed by atoms with Gasteiger partial charge in [-0.05, 0) is 49.6 Å². The molecule has 2 N–H and O–H groups in total. The molecule has 120 valence electrons. The van der Waals surface area contributed by atoms with Crippen LogP contribution in [-0.2, 0) is 16.8 Å². The highest BCUT2D eigenvalue weighted by Crippen LogP contribution is 2.22. The van der Waals surface area contributed by atoms with Crippen LogP contribution in [0.2, 0.25) is 0 Å². The molecule has 2 atom stereocenters. The molecule has 0 aliphatic carbocycles. The van der Waals surface area contributed by atoms with Gasteiger partial charge in [-0.3, -0.25) is 4.79 Å². The number of hydrogen-bond donors (Lipinski definition) is 2. The van der Waals surface area contributed by atoms with Crippen molar-refractivity contribution in [2.75, 3.05) is 6.54 Å². The maximum atomic E-state index is 12.2. The summed E-state index contributed by atoms with van der Waals surface area (Å²) < 4.78 is 5.12. The molecule has 2 heterocycles. The van der Waals surface area contributed by atoms with Crippen LogP contribution < -0.4 is 5.32 Å². The van der Waals surface area contributed by atoms with Gasteiger partial charge in [0.15, 0.2) is 0 Å². The summed E-state index contributed by atoms with van der Waals surface area (Å²) in [6.07, 6.45) is 0.577. The maximum absolute atomic E-state index is 12.2. The summed E-state index contributed by atoms with van der Waals surface area (Å²) in [5, 5.41) is 20.9. The van der Waals surface area contributed by atoms with E-state index in [4.69, 9.17) is 4.52 Å². The van der Waals surface area contributed by atoms with Crippen molar-refractivity contribution in [3.63, 3.8) is 0 Å². The number of nitrogens with zero attached hydrogens (tertiary/aromatic N) is 1. The Hall–Kier alpha value is -1.66. The van der Waals surface area contributed by atoms with Crippen LogP contribution in [0.4, 0.5) is 0 Å². The molecule has 0 aliphatic heterocycles. The second-order valence-electron chi connectivity index (χ2n) is 5.91. The first kappa shape index (κ1) is 16.7. The first-order valence-electron chi connectivity index (χ1n) is 7.26. The molecule has 6 heteroatoms. The summed E-state index contributed by atoms with van der Waals surface area (Å²) in [5.41, 5.74) is 1.56. The van der Waals surface area contributed by atoms with Gasteiger partial charge in [0.05, 0.1) is 12.2 Å². The Kier molecular flexibility index (Phi) is 5.03. The second kappa shape index (κ2) is 6.62. The minimum atomic E-state index is -1.06. The van der Waals surface area contributed by atoms with Crippen LogP contribution in [0.3, 0.4) is 0 Å². The number of rotatable bonds is 6. The number of nitrogens with one attached hydrogen (secondary N) is 1. The molecule has 2 rings (SSSR count). The van der Waals surface area contributed by atoms with Crippen molar-refractivity contribution < 1.29 is 14.4 Å². The molecule has 0 saturated carbocycles. The molecule has 22 heavy (non-hydrogen) atoms. The van der Waals surface area contributed by atoms with E-state index in [1.165, 1.54) is 11.3 Å². The molecule has 2 aromatic rings. The first-order valence-corrected chi connectivity index (χ1v) is 8.20. The van der Waals surface area contributed by atoms with Crippen molar-refractivity contribution in [3.05, 3.63) is 39.4 Å². The van der Waals surface area contributed by atoms with Gasteiger partial charge in [0.2, 0.25) is 5.91 Å². The van der Waals surface area contributed by atoms with E-state index >= 15 is 0 Å². The first-order chi connectivity index (χ1) is 10.3. The molecule has 0 aromatic carbocycles. The fourth-order valence-electron chi connectivity index (χ4n) is 2.30. The van der Waals surface area contributed by atoms with Gasteiger partial charge in [-0.2, -0.15) is 11.3 Å². The van der Waals surface area contributed by atoms with Crippen molar-refractivity contribution in [1.82, 2.24) is 10.5 Å². The van der Waals surface area contributed by atoms with E-state index < -0.39 is 5.60 Å². The van der Waals surface area contributed by atoms with Crippen molar-refractivity contribution in [1.29, 1.82) is 0 Å². The molecule has 5 nitrogen and oxygen atoms in total. The third-order valence-electron chi connectivity index (χ3n) is 3.89. The van der Waals surface area contributed by atoms with Gasteiger partial charge in [0.1, 0.15) is 11.4 Å². The molecule has 2 aromatic heterocycles. The number of amides is 1. The minimum Gasteiger partial charge on any atom is -0.384 e. The average Bonchev–Trinajstić information content (AvgIpc) is 3.10. The number of carbonyl (C=O) groups excluding carboxylic acids is 1. The molecule has 0 saturated heterocycles. The summed E-state index contributed by atoms with van der Waals surface area (Å²) in [6, 6.07) is 1.87. The zero-order valence-corrected chi connectivity index (χ0v) is 14.2. The highest BCUT2D eigenvalue weighted by atomic mass is 32.1. The van der Waals surface area contributed by atoms with Gasteiger partial charge >= 0.3 is 0 Å². The molecular formula is C16H22N2O3S. The van der Waals surface area contributed by atoms with Crippen LogP contribution in [0.25, 0.3) is 0 Å². The van der Waals surface area contributed by atoms with Gasteiger partial charge in [0.25, 0.3) is 0 Å². The lowest BCUT2D eigenvalue weighted by atomic mass is 9.97. The highest BCUT2D eigenvalue weighted by Gasteiger charge is 2.26. The zero-order chi connectivity index (χ0) is 16.3. The summed E-state index contributed by atoms with van der Waals surface area (Å²) >= 11 is 1.52. The Morgan fingerprint density at radius 3 is 2.82 bits per heavy atom. The normalized spacial score (nSPS) is 15.3. The number of aliphatic hydroxyl groups is 1. The fourth-order valence-corrected chi connectivity index (χ4v) is 3.08. The van der Waals surface area contributed by atoms with Gasteiger partial charge in [-0.1, -0.05) is 12.1 Å². The number of carbonyl (C=O) groups is 1. The van der Waals surface area contributed by atoms with Gasteiger partial charge in [-0.15, -0.1) is 0 Å².